The van der Waals surface area contributed by atoms with Crippen LogP contribution in [-0.4, -0.2) is 55.2 Å². The summed E-state index contributed by atoms with van der Waals surface area (Å²) in [7, 11) is 2.72. The van der Waals surface area contributed by atoms with Crippen molar-refractivity contribution in [3.05, 3.63) is 53.1 Å². The van der Waals surface area contributed by atoms with E-state index in [-0.39, 0.29) is 23.2 Å². The minimum absolute atomic E-state index is 0.0155. The van der Waals surface area contributed by atoms with Crippen molar-refractivity contribution in [2.24, 2.45) is 0 Å². The van der Waals surface area contributed by atoms with Crippen LogP contribution >= 0.6 is 0 Å². The van der Waals surface area contributed by atoms with Gasteiger partial charge in [-0.25, -0.2) is 4.79 Å². The summed E-state index contributed by atoms with van der Waals surface area (Å²) >= 11 is 0. The summed E-state index contributed by atoms with van der Waals surface area (Å²) in [6.45, 7) is 7.29. The summed E-state index contributed by atoms with van der Waals surface area (Å²) in [5.41, 5.74) is -0.0414. The Morgan fingerprint density at radius 1 is 1.03 bits per heavy atom. The molecule has 0 fully saturated rings. The van der Waals surface area contributed by atoms with Crippen LogP contribution in [0.1, 0.15) is 66.4 Å². The molecule has 0 bridgehead atoms. The summed E-state index contributed by atoms with van der Waals surface area (Å²) in [6, 6.07) is 8.47. The largest absolute Gasteiger partial charge is 0.493 e. The topological polar surface area (TPSA) is 120 Å². The Morgan fingerprint density at radius 3 is 2.36 bits per heavy atom. The summed E-state index contributed by atoms with van der Waals surface area (Å²) in [6.07, 6.45) is -1.05. The predicted octanol–water partition coefficient (Wildman–Crippen LogP) is 4.34. The van der Waals surface area contributed by atoms with Gasteiger partial charge < -0.3 is 18.9 Å². The molecule has 0 saturated carbocycles. The molecule has 3 rings (SSSR count). The molecule has 0 radical (unpaired) electrons. The van der Waals surface area contributed by atoms with Gasteiger partial charge in [0.2, 0.25) is 0 Å². The second-order valence-electron chi connectivity index (χ2n) is 8.97. The van der Waals surface area contributed by atoms with Crippen molar-refractivity contribution in [1.29, 1.82) is 0 Å². The lowest BCUT2D eigenvalue weighted by Gasteiger charge is -2.26. The first-order chi connectivity index (χ1) is 17.0. The van der Waals surface area contributed by atoms with Gasteiger partial charge in [0.05, 0.1) is 50.1 Å². The number of carbonyl (C=O) groups is 4. The highest BCUT2D eigenvalue weighted by Crippen LogP contribution is 2.39. The van der Waals surface area contributed by atoms with Crippen LogP contribution in [0.3, 0.4) is 0 Å². The summed E-state index contributed by atoms with van der Waals surface area (Å²) in [5, 5.41) is 2.55. The maximum absolute atomic E-state index is 13.6. The number of benzene rings is 2. The molecule has 2 aromatic rings. The van der Waals surface area contributed by atoms with Gasteiger partial charge in [-0.2, -0.15) is 0 Å². The Balaban J connectivity index is 2.04. The van der Waals surface area contributed by atoms with Crippen molar-refractivity contribution in [2.45, 2.75) is 45.8 Å². The Labute approximate surface area is 209 Å². The molecule has 0 spiro atoms. The maximum atomic E-state index is 13.6. The van der Waals surface area contributed by atoms with E-state index in [9.17, 15) is 19.2 Å². The van der Waals surface area contributed by atoms with Gasteiger partial charge in [-0.15, -0.1) is 0 Å². The molecular formula is C26H30N2O8. The van der Waals surface area contributed by atoms with Crippen molar-refractivity contribution < 1.29 is 38.1 Å². The number of rotatable bonds is 8. The quantitative estimate of drug-likeness (QED) is 0.422. The number of nitrogens with one attached hydrogen (secondary N) is 1. The molecule has 1 N–H and O–H groups in total. The monoisotopic (exact) mass is 498 g/mol. The molecule has 1 unspecified atom stereocenters. The molecule has 2 aromatic carbocycles. The number of carbonyl (C=O) groups excluding carboxylic acids is 4. The maximum Gasteiger partial charge on any atom is 0.412 e. The van der Waals surface area contributed by atoms with Crippen LogP contribution in [0.2, 0.25) is 0 Å². The van der Waals surface area contributed by atoms with Crippen LogP contribution in [-0.2, 0) is 14.3 Å². The fourth-order valence-corrected chi connectivity index (χ4v) is 3.87. The van der Waals surface area contributed by atoms with Crippen molar-refractivity contribution in [3.8, 4) is 11.5 Å². The third-order valence-corrected chi connectivity index (χ3v) is 5.35. The lowest BCUT2D eigenvalue weighted by Crippen LogP contribution is -2.35. The summed E-state index contributed by atoms with van der Waals surface area (Å²) in [5.74, 6) is -1.02. The number of hydrogen-bond acceptors (Lipinski definition) is 8. The van der Waals surface area contributed by atoms with Gasteiger partial charge in [-0.3, -0.25) is 24.6 Å². The molecule has 1 aliphatic heterocycles. The third kappa shape index (κ3) is 5.59. The molecule has 1 atom stereocenters. The Bertz CT molecular complexity index is 1180. The highest BCUT2D eigenvalue weighted by atomic mass is 16.6. The van der Waals surface area contributed by atoms with Gasteiger partial charge in [0.25, 0.3) is 11.8 Å². The van der Waals surface area contributed by atoms with E-state index in [2.05, 4.69) is 5.32 Å². The van der Waals surface area contributed by atoms with E-state index in [1.807, 2.05) is 0 Å². The smallest absolute Gasteiger partial charge is 0.412 e. The van der Waals surface area contributed by atoms with Crippen molar-refractivity contribution in [3.63, 3.8) is 0 Å². The minimum Gasteiger partial charge on any atom is -0.493 e. The first-order valence-electron chi connectivity index (χ1n) is 11.4. The Kier molecular flexibility index (Phi) is 7.87. The van der Waals surface area contributed by atoms with Gasteiger partial charge in [-0.05, 0) is 57.5 Å². The molecular weight excluding hydrogens is 468 g/mol. The standard InChI is InChI=1S/C26H30N2O8/c1-7-35-20-13-15(11-12-19(20)33-5)18(14-21(29)34-6)28-23(30)16-9-8-10-17(22(16)24(28)31)27-25(32)36-26(2,3)4/h8-13,18H,7,14H2,1-6H3,(H,27,32). The van der Waals surface area contributed by atoms with E-state index < -0.39 is 35.5 Å². The van der Waals surface area contributed by atoms with Gasteiger partial charge in [0.1, 0.15) is 5.60 Å². The van der Waals surface area contributed by atoms with Crippen molar-refractivity contribution in [1.82, 2.24) is 4.90 Å². The summed E-state index contributed by atoms with van der Waals surface area (Å²) < 4.78 is 21.1. The number of ether oxygens (including phenoxy) is 4. The van der Waals surface area contributed by atoms with E-state index in [4.69, 9.17) is 18.9 Å². The molecule has 0 aliphatic carbocycles. The van der Waals surface area contributed by atoms with E-state index in [0.29, 0.717) is 23.7 Å². The van der Waals surface area contributed by atoms with Crippen molar-refractivity contribution in [2.75, 3.05) is 26.1 Å². The van der Waals surface area contributed by atoms with Crippen LogP contribution < -0.4 is 14.8 Å². The molecule has 10 nitrogen and oxygen atoms in total. The van der Waals surface area contributed by atoms with E-state index in [1.165, 1.54) is 26.4 Å². The number of esters is 1. The average Bonchev–Trinajstić information content (AvgIpc) is 3.07. The second-order valence-corrected chi connectivity index (χ2v) is 8.97. The van der Waals surface area contributed by atoms with Crippen LogP contribution in [0.4, 0.5) is 10.5 Å². The Morgan fingerprint density at radius 2 is 1.75 bits per heavy atom. The average molecular weight is 499 g/mol. The minimum atomic E-state index is -0.996. The Hall–Kier alpha value is -4.08. The molecule has 3 amide bonds. The number of hydrogen-bond donors (Lipinski definition) is 1. The zero-order valence-electron chi connectivity index (χ0n) is 21.2. The number of methoxy groups -OCH3 is 2. The fraction of sp³-hybridized carbons (Fsp3) is 0.385. The number of amides is 3. The molecule has 36 heavy (non-hydrogen) atoms. The van der Waals surface area contributed by atoms with Crippen LogP contribution in [0.25, 0.3) is 0 Å². The van der Waals surface area contributed by atoms with E-state index >= 15 is 0 Å². The number of fused-ring (bicyclic) bond motifs is 1. The van der Waals surface area contributed by atoms with Gasteiger partial charge in [0.15, 0.2) is 11.5 Å². The lowest BCUT2D eigenvalue weighted by molar-refractivity contribution is -0.141. The number of imide groups is 1. The second kappa shape index (κ2) is 10.7. The SMILES string of the molecule is CCOc1cc(C(CC(=O)OC)N2C(=O)c3cccc(NC(=O)OC(C)(C)C)c3C2=O)ccc1OC. The van der Waals surface area contributed by atoms with Crippen LogP contribution in [0, 0.1) is 0 Å². The fourth-order valence-electron chi connectivity index (χ4n) is 3.87. The van der Waals surface area contributed by atoms with E-state index in [1.54, 1.807) is 52.0 Å². The van der Waals surface area contributed by atoms with Crippen molar-refractivity contribution >= 4 is 29.6 Å². The highest BCUT2D eigenvalue weighted by molar-refractivity contribution is 6.24. The van der Waals surface area contributed by atoms with Gasteiger partial charge >= 0.3 is 12.1 Å². The normalized spacial score (nSPS) is 13.7. The molecule has 0 saturated heterocycles. The number of anilines is 1. The first kappa shape index (κ1) is 26.5. The zero-order chi connectivity index (χ0) is 26.6. The molecule has 10 heteroatoms. The third-order valence-electron chi connectivity index (χ3n) is 5.35. The van der Waals surface area contributed by atoms with Gasteiger partial charge in [0, 0.05) is 0 Å². The summed E-state index contributed by atoms with van der Waals surface area (Å²) in [4.78, 5) is 52.7. The highest BCUT2D eigenvalue weighted by Gasteiger charge is 2.43. The van der Waals surface area contributed by atoms with E-state index in [0.717, 1.165) is 4.90 Å². The molecule has 192 valence electrons. The number of nitrogens with zero attached hydrogens (tertiary/aromatic N) is 1. The molecule has 0 aromatic heterocycles. The lowest BCUT2D eigenvalue weighted by atomic mass is 10.0. The molecule has 1 heterocycles. The van der Waals surface area contributed by atoms with Crippen LogP contribution in [0.15, 0.2) is 36.4 Å². The van der Waals surface area contributed by atoms with Gasteiger partial charge in [-0.1, -0.05) is 12.1 Å². The van der Waals surface area contributed by atoms with Crippen LogP contribution in [0.5, 0.6) is 11.5 Å². The zero-order valence-corrected chi connectivity index (χ0v) is 21.2. The predicted molar refractivity (Wildman–Crippen MR) is 130 cm³/mol. The first-order valence-corrected chi connectivity index (χ1v) is 11.4. The molecule has 1 aliphatic rings.